The van der Waals surface area contributed by atoms with Crippen molar-refractivity contribution in [3.05, 3.63) is 0 Å². The van der Waals surface area contributed by atoms with Gasteiger partial charge < -0.3 is 4.74 Å². The van der Waals surface area contributed by atoms with Crippen LogP contribution in [0.3, 0.4) is 0 Å². The summed E-state index contributed by atoms with van der Waals surface area (Å²) in [4.78, 5) is 21.4. The summed E-state index contributed by atoms with van der Waals surface area (Å²) in [7, 11) is 0. The van der Waals surface area contributed by atoms with E-state index in [1.54, 1.807) is 13.8 Å². The number of carbonyl (C=O) groups is 2. The summed E-state index contributed by atoms with van der Waals surface area (Å²) in [5.41, 5.74) is 0. The molecule has 0 aliphatic heterocycles. The number of halogens is 1. The first-order chi connectivity index (χ1) is 5.07. The first-order valence-corrected chi connectivity index (χ1v) is 3.92. The van der Waals surface area contributed by atoms with E-state index in [-0.39, 0.29) is 18.2 Å². The standard InChI is InChI=1S/C7H11ClO3/c1-5(2)7(10)11-6(9)3-4-8/h5H,3-4H2,1-2H3. The van der Waals surface area contributed by atoms with Crippen LogP contribution >= 0.6 is 11.6 Å². The lowest BCUT2D eigenvalue weighted by Crippen LogP contribution is -2.17. The molecule has 3 nitrogen and oxygen atoms in total. The van der Waals surface area contributed by atoms with E-state index in [0.717, 1.165) is 0 Å². The molecule has 64 valence electrons. The van der Waals surface area contributed by atoms with Crippen LogP contribution in [0.4, 0.5) is 0 Å². The topological polar surface area (TPSA) is 43.4 Å². The Balaban J connectivity index is 3.67. The van der Waals surface area contributed by atoms with Gasteiger partial charge in [0.15, 0.2) is 0 Å². The molecule has 0 atom stereocenters. The van der Waals surface area contributed by atoms with Gasteiger partial charge in [0.05, 0.1) is 12.3 Å². The molecule has 0 radical (unpaired) electrons. The zero-order valence-corrected chi connectivity index (χ0v) is 7.35. The fourth-order valence-corrected chi connectivity index (χ4v) is 0.513. The molecule has 0 amide bonds. The van der Waals surface area contributed by atoms with Gasteiger partial charge in [-0.15, -0.1) is 11.6 Å². The van der Waals surface area contributed by atoms with E-state index >= 15 is 0 Å². The number of rotatable bonds is 3. The van der Waals surface area contributed by atoms with Crippen LogP contribution in [0.1, 0.15) is 20.3 Å². The second-order valence-electron chi connectivity index (χ2n) is 2.39. The maximum atomic E-state index is 10.7. The molecule has 4 heteroatoms. The molecule has 0 aliphatic carbocycles. The number of alkyl halides is 1. The van der Waals surface area contributed by atoms with Crippen molar-refractivity contribution in [3.63, 3.8) is 0 Å². The molecule has 0 aliphatic rings. The predicted octanol–water partition coefficient (Wildman–Crippen LogP) is 1.34. The molecule has 0 aromatic carbocycles. The molecular weight excluding hydrogens is 168 g/mol. The van der Waals surface area contributed by atoms with Gasteiger partial charge in [0.2, 0.25) is 0 Å². The van der Waals surface area contributed by atoms with E-state index < -0.39 is 11.9 Å². The minimum absolute atomic E-state index is 0.0833. The van der Waals surface area contributed by atoms with Gasteiger partial charge in [-0.2, -0.15) is 0 Å². The smallest absolute Gasteiger partial charge is 0.316 e. The molecule has 0 unspecified atom stereocenters. The lowest BCUT2D eigenvalue weighted by molar-refractivity contribution is -0.161. The highest BCUT2D eigenvalue weighted by molar-refractivity contribution is 6.18. The number of carbonyl (C=O) groups excluding carboxylic acids is 2. The number of hydrogen-bond acceptors (Lipinski definition) is 3. The van der Waals surface area contributed by atoms with Crippen LogP contribution in [0.5, 0.6) is 0 Å². The zero-order chi connectivity index (χ0) is 8.85. The first-order valence-electron chi connectivity index (χ1n) is 3.38. The Labute approximate surface area is 70.7 Å². The molecule has 0 N–H and O–H groups in total. The van der Waals surface area contributed by atoms with Crippen molar-refractivity contribution >= 4 is 23.5 Å². The molecule has 0 aromatic heterocycles. The molecule has 11 heavy (non-hydrogen) atoms. The Bertz CT molecular complexity index is 154. The summed E-state index contributed by atoms with van der Waals surface area (Å²) in [6, 6.07) is 0. The molecule has 0 spiro atoms. The zero-order valence-electron chi connectivity index (χ0n) is 6.59. The molecular formula is C7H11ClO3. The molecule has 0 heterocycles. The third-order valence-electron chi connectivity index (χ3n) is 0.984. The predicted molar refractivity (Wildman–Crippen MR) is 41.3 cm³/mol. The first kappa shape index (κ1) is 10.4. The summed E-state index contributed by atoms with van der Waals surface area (Å²) in [6.45, 7) is 3.33. The van der Waals surface area contributed by atoms with Crippen LogP contribution in [-0.2, 0) is 14.3 Å². The second kappa shape index (κ2) is 5.13. The highest BCUT2D eigenvalue weighted by Crippen LogP contribution is 1.98. The Morgan fingerprint density at radius 3 is 2.36 bits per heavy atom. The number of hydrogen-bond donors (Lipinski definition) is 0. The highest BCUT2D eigenvalue weighted by Gasteiger charge is 2.12. The van der Waals surface area contributed by atoms with Crippen molar-refractivity contribution < 1.29 is 14.3 Å². The van der Waals surface area contributed by atoms with E-state index in [4.69, 9.17) is 11.6 Å². The maximum absolute atomic E-state index is 10.7. The van der Waals surface area contributed by atoms with Crippen molar-refractivity contribution in [1.82, 2.24) is 0 Å². The summed E-state index contributed by atoms with van der Waals surface area (Å²) >= 11 is 5.25. The fraction of sp³-hybridized carbons (Fsp3) is 0.714. The van der Waals surface area contributed by atoms with Crippen molar-refractivity contribution in [1.29, 1.82) is 0 Å². The van der Waals surface area contributed by atoms with Gasteiger partial charge in [0.25, 0.3) is 0 Å². The monoisotopic (exact) mass is 178 g/mol. The molecule has 0 rings (SSSR count). The number of ether oxygens (including phenoxy) is 1. The third-order valence-corrected chi connectivity index (χ3v) is 1.17. The molecule has 0 saturated heterocycles. The lowest BCUT2D eigenvalue weighted by Gasteiger charge is -2.02. The van der Waals surface area contributed by atoms with Gasteiger partial charge in [-0.05, 0) is 0 Å². The summed E-state index contributed by atoms with van der Waals surface area (Å²) in [5, 5.41) is 0. The van der Waals surface area contributed by atoms with Gasteiger partial charge in [-0.1, -0.05) is 13.8 Å². The minimum Gasteiger partial charge on any atom is -0.393 e. The van der Waals surface area contributed by atoms with Gasteiger partial charge in [0.1, 0.15) is 0 Å². The summed E-state index contributed by atoms with van der Waals surface area (Å²) in [6.07, 6.45) is 0.0833. The fourth-order valence-electron chi connectivity index (χ4n) is 0.358. The third kappa shape index (κ3) is 4.79. The van der Waals surface area contributed by atoms with Gasteiger partial charge in [-0.3, -0.25) is 9.59 Å². The van der Waals surface area contributed by atoms with E-state index in [1.165, 1.54) is 0 Å². The Morgan fingerprint density at radius 1 is 1.45 bits per heavy atom. The molecule has 0 fully saturated rings. The van der Waals surface area contributed by atoms with E-state index in [1.807, 2.05) is 0 Å². The average Bonchev–Trinajstić information content (AvgIpc) is 1.87. The minimum atomic E-state index is -0.557. The lowest BCUT2D eigenvalue weighted by atomic mass is 10.2. The summed E-state index contributed by atoms with van der Waals surface area (Å²) in [5.74, 6) is -1.14. The van der Waals surface area contributed by atoms with E-state index in [2.05, 4.69) is 4.74 Å². The van der Waals surface area contributed by atoms with Crippen molar-refractivity contribution in [2.24, 2.45) is 5.92 Å². The van der Waals surface area contributed by atoms with E-state index in [9.17, 15) is 9.59 Å². The Morgan fingerprint density at radius 2 is 2.00 bits per heavy atom. The average molecular weight is 179 g/mol. The van der Waals surface area contributed by atoms with E-state index in [0.29, 0.717) is 0 Å². The van der Waals surface area contributed by atoms with Gasteiger partial charge in [0, 0.05) is 5.88 Å². The van der Waals surface area contributed by atoms with Crippen molar-refractivity contribution in [3.8, 4) is 0 Å². The van der Waals surface area contributed by atoms with Crippen LogP contribution in [-0.4, -0.2) is 17.8 Å². The van der Waals surface area contributed by atoms with Crippen molar-refractivity contribution in [2.75, 3.05) is 5.88 Å². The van der Waals surface area contributed by atoms with Crippen LogP contribution in [0.25, 0.3) is 0 Å². The summed E-state index contributed by atoms with van der Waals surface area (Å²) < 4.78 is 4.39. The normalized spacial score (nSPS) is 9.82. The molecule has 0 bridgehead atoms. The Kier molecular flexibility index (Phi) is 4.86. The molecule has 0 aromatic rings. The van der Waals surface area contributed by atoms with Gasteiger partial charge >= 0.3 is 11.9 Å². The van der Waals surface area contributed by atoms with Crippen LogP contribution in [0, 0.1) is 5.92 Å². The maximum Gasteiger partial charge on any atom is 0.316 e. The largest absolute Gasteiger partial charge is 0.393 e. The van der Waals surface area contributed by atoms with Crippen LogP contribution in [0.2, 0.25) is 0 Å². The number of esters is 2. The quantitative estimate of drug-likeness (QED) is 0.372. The molecule has 0 saturated carbocycles. The van der Waals surface area contributed by atoms with Crippen LogP contribution in [0.15, 0.2) is 0 Å². The SMILES string of the molecule is CC(C)C(=O)OC(=O)CCCl. The van der Waals surface area contributed by atoms with Gasteiger partial charge in [-0.25, -0.2) is 0 Å². The Hall–Kier alpha value is -0.570. The van der Waals surface area contributed by atoms with Crippen molar-refractivity contribution in [2.45, 2.75) is 20.3 Å². The highest BCUT2D eigenvalue weighted by atomic mass is 35.5. The second-order valence-corrected chi connectivity index (χ2v) is 2.76. The van der Waals surface area contributed by atoms with Crippen LogP contribution < -0.4 is 0 Å².